The Balaban J connectivity index is 1.44. The summed E-state index contributed by atoms with van der Waals surface area (Å²) in [5.41, 5.74) is 0. The molecule has 0 bridgehead atoms. The number of nitrogens with one attached hydrogen (secondary N) is 2. The molecule has 1 aromatic rings. The maximum atomic E-state index is 5.97. The maximum absolute atomic E-state index is 5.97. The average molecular weight is 317 g/mol. The minimum absolute atomic E-state index is 0.658. The van der Waals surface area contributed by atoms with Crippen molar-refractivity contribution < 1.29 is 4.90 Å². The zero-order chi connectivity index (χ0) is 13.2. The number of quaternary nitrogens is 1. The monoisotopic (exact) mass is 316 g/mol. The van der Waals surface area contributed by atoms with Crippen LogP contribution in [-0.2, 0) is 6.54 Å². The summed E-state index contributed by atoms with van der Waals surface area (Å²) >= 11 is 13.1. The molecule has 1 aliphatic heterocycles. The number of thiophene rings is 1. The first-order valence-electron chi connectivity index (χ1n) is 6.84. The zero-order valence-electron chi connectivity index (χ0n) is 10.8. The maximum Gasteiger partial charge on any atom is 0.169 e. The van der Waals surface area contributed by atoms with Crippen molar-refractivity contribution in [3.8, 4) is 0 Å². The Bertz CT molecular complexity index is 450. The summed E-state index contributed by atoms with van der Waals surface area (Å²) in [7, 11) is 0. The molecule has 1 aliphatic carbocycles. The molecule has 104 valence electrons. The van der Waals surface area contributed by atoms with Crippen LogP contribution in [0.5, 0.6) is 0 Å². The summed E-state index contributed by atoms with van der Waals surface area (Å²) in [5.74, 6) is 0. The molecule has 0 radical (unpaired) electrons. The molecule has 0 spiro atoms. The fourth-order valence-corrected chi connectivity index (χ4v) is 3.90. The highest BCUT2D eigenvalue weighted by atomic mass is 35.5. The summed E-state index contributed by atoms with van der Waals surface area (Å²) in [5, 5.41) is 4.38. The minimum atomic E-state index is 0.658. The summed E-state index contributed by atoms with van der Waals surface area (Å²) < 4.78 is 0.892. The summed E-state index contributed by atoms with van der Waals surface area (Å²) in [4.78, 5) is 5.33. The third kappa shape index (κ3) is 3.81. The van der Waals surface area contributed by atoms with Gasteiger partial charge in [0, 0.05) is 6.04 Å². The van der Waals surface area contributed by atoms with E-state index in [-0.39, 0.29) is 0 Å². The quantitative estimate of drug-likeness (QED) is 0.816. The Morgan fingerprint density at radius 2 is 2.16 bits per heavy atom. The fourth-order valence-electron chi connectivity index (χ4n) is 2.39. The summed E-state index contributed by atoms with van der Waals surface area (Å²) in [6.45, 7) is 5.53. The van der Waals surface area contributed by atoms with Crippen molar-refractivity contribution in [2.75, 3.05) is 26.2 Å². The molecule has 2 aliphatic rings. The standard InChI is InChI=1S/C13H18ClN3S2/c14-12-4-3-11(19-12)9-16-5-7-17(8-6-16)13(18)15-10-1-2-10/h3-4,10H,1-2,5-9H2,(H,15,18)/p+1. The number of piperazine rings is 1. The second-order valence-electron chi connectivity index (χ2n) is 5.34. The van der Waals surface area contributed by atoms with E-state index in [0.717, 1.165) is 42.2 Å². The van der Waals surface area contributed by atoms with Crippen molar-refractivity contribution in [2.24, 2.45) is 0 Å². The molecule has 19 heavy (non-hydrogen) atoms. The van der Waals surface area contributed by atoms with Gasteiger partial charge in [-0.15, -0.1) is 11.3 Å². The molecule has 1 aromatic heterocycles. The molecule has 0 amide bonds. The van der Waals surface area contributed by atoms with Crippen molar-refractivity contribution in [3.63, 3.8) is 0 Å². The van der Waals surface area contributed by atoms with Gasteiger partial charge in [0.25, 0.3) is 0 Å². The molecule has 3 rings (SSSR count). The van der Waals surface area contributed by atoms with Crippen LogP contribution >= 0.6 is 35.2 Å². The SMILES string of the molecule is S=C(NC1CC1)N1CC[NH+](Cc2ccc(Cl)s2)CC1. The van der Waals surface area contributed by atoms with Gasteiger partial charge in [0.05, 0.1) is 35.4 Å². The molecule has 0 unspecified atom stereocenters. The highest BCUT2D eigenvalue weighted by Crippen LogP contribution is 2.20. The van der Waals surface area contributed by atoms with E-state index in [4.69, 9.17) is 23.8 Å². The van der Waals surface area contributed by atoms with Crippen LogP contribution in [0.4, 0.5) is 0 Å². The van der Waals surface area contributed by atoms with E-state index < -0.39 is 0 Å². The van der Waals surface area contributed by atoms with Crippen molar-refractivity contribution in [1.29, 1.82) is 0 Å². The molecule has 2 fully saturated rings. The van der Waals surface area contributed by atoms with Crippen molar-refractivity contribution >= 4 is 40.3 Å². The van der Waals surface area contributed by atoms with Crippen molar-refractivity contribution in [3.05, 3.63) is 21.3 Å². The molecule has 3 nitrogen and oxygen atoms in total. The van der Waals surface area contributed by atoms with E-state index in [2.05, 4.69) is 16.3 Å². The zero-order valence-corrected chi connectivity index (χ0v) is 13.2. The van der Waals surface area contributed by atoms with Crippen LogP contribution in [0.1, 0.15) is 17.7 Å². The van der Waals surface area contributed by atoms with Gasteiger partial charge in [-0.3, -0.25) is 0 Å². The molecule has 0 atom stereocenters. The van der Waals surface area contributed by atoms with Gasteiger partial charge in [0.1, 0.15) is 6.54 Å². The lowest BCUT2D eigenvalue weighted by Crippen LogP contribution is -3.13. The Morgan fingerprint density at radius 1 is 1.42 bits per heavy atom. The Kier molecular flexibility index (Phi) is 4.27. The topological polar surface area (TPSA) is 19.7 Å². The summed E-state index contributed by atoms with van der Waals surface area (Å²) in [6, 6.07) is 4.79. The largest absolute Gasteiger partial charge is 0.360 e. The van der Waals surface area contributed by atoms with Gasteiger partial charge in [-0.1, -0.05) is 11.6 Å². The number of rotatable bonds is 3. The average Bonchev–Trinajstić information content (AvgIpc) is 3.12. The van der Waals surface area contributed by atoms with Gasteiger partial charge in [-0.25, -0.2) is 0 Å². The van der Waals surface area contributed by atoms with Gasteiger partial charge in [0.15, 0.2) is 5.11 Å². The van der Waals surface area contributed by atoms with Crippen LogP contribution in [0.2, 0.25) is 4.34 Å². The van der Waals surface area contributed by atoms with Crippen molar-refractivity contribution in [2.45, 2.75) is 25.4 Å². The molecule has 1 saturated carbocycles. The number of nitrogens with zero attached hydrogens (tertiary/aromatic N) is 1. The minimum Gasteiger partial charge on any atom is -0.360 e. The number of halogens is 1. The van der Waals surface area contributed by atoms with E-state index in [1.165, 1.54) is 17.7 Å². The fraction of sp³-hybridized carbons (Fsp3) is 0.615. The molecule has 2 N–H and O–H groups in total. The second kappa shape index (κ2) is 5.95. The first-order valence-corrected chi connectivity index (χ1v) is 8.44. The number of thiocarbonyl (C=S) groups is 1. The van der Waals surface area contributed by atoms with Gasteiger partial charge in [-0.05, 0) is 37.2 Å². The van der Waals surface area contributed by atoms with E-state index >= 15 is 0 Å². The predicted octanol–water partition coefficient (Wildman–Crippen LogP) is 1.14. The van der Waals surface area contributed by atoms with Crippen LogP contribution in [0.25, 0.3) is 0 Å². The lowest BCUT2D eigenvalue weighted by molar-refractivity contribution is -0.917. The second-order valence-corrected chi connectivity index (χ2v) is 7.53. The van der Waals surface area contributed by atoms with Gasteiger partial charge in [-0.2, -0.15) is 0 Å². The molecule has 6 heteroatoms. The Labute approximate surface area is 128 Å². The Morgan fingerprint density at radius 3 is 2.74 bits per heavy atom. The molecule has 0 aromatic carbocycles. The lowest BCUT2D eigenvalue weighted by atomic mass is 10.3. The highest BCUT2D eigenvalue weighted by molar-refractivity contribution is 7.80. The normalized spacial score (nSPS) is 20.6. The van der Waals surface area contributed by atoms with Gasteiger partial charge in [0.2, 0.25) is 0 Å². The van der Waals surface area contributed by atoms with Crippen LogP contribution in [0, 0.1) is 0 Å². The number of hydrogen-bond donors (Lipinski definition) is 2. The molecule has 2 heterocycles. The van der Waals surface area contributed by atoms with E-state index in [1.54, 1.807) is 16.2 Å². The van der Waals surface area contributed by atoms with Crippen LogP contribution < -0.4 is 10.2 Å². The number of hydrogen-bond acceptors (Lipinski definition) is 2. The first-order chi connectivity index (χ1) is 9.20. The third-order valence-electron chi connectivity index (χ3n) is 3.72. The van der Waals surface area contributed by atoms with Gasteiger partial charge < -0.3 is 15.1 Å². The molecule has 1 saturated heterocycles. The van der Waals surface area contributed by atoms with Crippen LogP contribution in [0.3, 0.4) is 0 Å². The van der Waals surface area contributed by atoms with Crippen molar-refractivity contribution in [1.82, 2.24) is 10.2 Å². The van der Waals surface area contributed by atoms with E-state index in [0.29, 0.717) is 6.04 Å². The van der Waals surface area contributed by atoms with Crippen LogP contribution in [-0.4, -0.2) is 42.2 Å². The first kappa shape index (κ1) is 13.6. The lowest BCUT2D eigenvalue weighted by Gasteiger charge is -2.33. The van der Waals surface area contributed by atoms with E-state index in [1.807, 2.05) is 6.07 Å². The predicted molar refractivity (Wildman–Crippen MR) is 84.1 cm³/mol. The van der Waals surface area contributed by atoms with E-state index in [9.17, 15) is 0 Å². The van der Waals surface area contributed by atoms with Crippen LogP contribution in [0.15, 0.2) is 12.1 Å². The Hall–Kier alpha value is -0.360. The molecular weight excluding hydrogens is 298 g/mol. The highest BCUT2D eigenvalue weighted by Gasteiger charge is 2.27. The molecular formula is C13H19ClN3S2+. The smallest absolute Gasteiger partial charge is 0.169 e. The van der Waals surface area contributed by atoms with Gasteiger partial charge >= 0.3 is 0 Å². The third-order valence-corrected chi connectivity index (χ3v) is 5.32. The summed E-state index contributed by atoms with van der Waals surface area (Å²) in [6.07, 6.45) is 2.56.